The molecule has 4 heteroatoms. The van der Waals surface area contributed by atoms with Gasteiger partial charge in [0.05, 0.1) is 6.21 Å². The first-order chi connectivity index (χ1) is 10.2. The van der Waals surface area contributed by atoms with Crippen molar-refractivity contribution in [1.29, 1.82) is 0 Å². The highest BCUT2D eigenvalue weighted by atomic mass is 19.1. The predicted molar refractivity (Wildman–Crippen MR) is 79.3 cm³/mol. The third-order valence-corrected chi connectivity index (χ3v) is 3.44. The summed E-state index contributed by atoms with van der Waals surface area (Å²) in [5.41, 5.74) is 2.70. The summed E-state index contributed by atoms with van der Waals surface area (Å²) < 4.78 is 13.1. The average molecular weight is 280 g/mol. The molecule has 0 aromatic heterocycles. The molecule has 21 heavy (non-hydrogen) atoms. The number of carbonyl (C=O) groups is 1. The molecule has 0 fully saturated rings. The van der Waals surface area contributed by atoms with Gasteiger partial charge in [-0.3, -0.25) is 4.79 Å². The lowest BCUT2D eigenvalue weighted by molar-refractivity contribution is -0.127. The van der Waals surface area contributed by atoms with Crippen LogP contribution in [0.15, 0.2) is 66.3 Å². The van der Waals surface area contributed by atoms with E-state index in [1.165, 1.54) is 23.2 Å². The van der Waals surface area contributed by atoms with Gasteiger partial charge in [0.15, 0.2) is 0 Å². The average Bonchev–Trinajstić information content (AvgIpc) is 2.54. The van der Waals surface area contributed by atoms with E-state index in [-0.39, 0.29) is 17.8 Å². The van der Waals surface area contributed by atoms with Gasteiger partial charge in [-0.15, -0.1) is 0 Å². The maximum atomic E-state index is 13.1. The number of hydrogen-bond donors (Lipinski definition) is 0. The predicted octanol–water partition coefficient (Wildman–Crippen LogP) is 3.28. The number of carbonyl (C=O) groups excluding carboxylic acids is 1. The summed E-state index contributed by atoms with van der Waals surface area (Å²) >= 11 is 0. The van der Waals surface area contributed by atoms with Gasteiger partial charge in [0.2, 0.25) is 0 Å². The molecule has 2 aromatic rings. The van der Waals surface area contributed by atoms with Crippen molar-refractivity contribution in [2.45, 2.75) is 6.04 Å². The van der Waals surface area contributed by atoms with Gasteiger partial charge in [-0.2, -0.15) is 5.10 Å². The Morgan fingerprint density at radius 2 is 1.90 bits per heavy atom. The summed E-state index contributed by atoms with van der Waals surface area (Å²) in [5, 5.41) is 5.58. The monoisotopic (exact) mass is 280 g/mol. The topological polar surface area (TPSA) is 32.7 Å². The van der Waals surface area contributed by atoms with Gasteiger partial charge in [-0.05, 0) is 29.3 Å². The largest absolute Gasteiger partial charge is 0.268 e. The molecule has 3 nitrogen and oxygen atoms in total. The second kappa shape index (κ2) is 5.32. The zero-order valence-corrected chi connectivity index (χ0v) is 11.2. The molecule has 104 valence electrons. The van der Waals surface area contributed by atoms with E-state index in [0.29, 0.717) is 0 Å². The Labute approximate surface area is 122 Å². The van der Waals surface area contributed by atoms with E-state index >= 15 is 0 Å². The molecule has 2 aromatic carbocycles. The van der Waals surface area contributed by atoms with Crippen LogP contribution in [0.1, 0.15) is 22.7 Å². The van der Waals surface area contributed by atoms with Crippen LogP contribution in [0.2, 0.25) is 0 Å². The molecule has 0 spiro atoms. The van der Waals surface area contributed by atoms with Crippen molar-refractivity contribution < 1.29 is 9.18 Å². The van der Waals surface area contributed by atoms with Gasteiger partial charge in [0, 0.05) is 5.56 Å². The smallest absolute Gasteiger partial charge is 0.266 e. The SMILES string of the molecule is C=CC(=O)N1N=Cc2ccccc2C1c1ccc(F)cc1. The molecule has 0 N–H and O–H groups in total. The molecule has 1 aliphatic heterocycles. The Balaban J connectivity index is 2.14. The first-order valence-corrected chi connectivity index (χ1v) is 6.54. The number of amides is 1. The number of rotatable bonds is 2. The molecule has 1 heterocycles. The summed E-state index contributed by atoms with van der Waals surface area (Å²) in [6.45, 7) is 3.51. The molecule has 0 bridgehead atoms. The second-order valence-corrected chi connectivity index (χ2v) is 4.71. The molecule has 1 unspecified atom stereocenters. The number of halogens is 1. The van der Waals surface area contributed by atoms with Crippen molar-refractivity contribution in [3.63, 3.8) is 0 Å². The van der Waals surface area contributed by atoms with Gasteiger partial charge in [0.25, 0.3) is 5.91 Å². The molecule has 0 saturated heterocycles. The lowest BCUT2D eigenvalue weighted by Gasteiger charge is -2.31. The van der Waals surface area contributed by atoms with Crippen molar-refractivity contribution in [3.8, 4) is 0 Å². The number of nitrogens with zero attached hydrogens (tertiary/aromatic N) is 2. The molecule has 1 aliphatic rings. The van der Waals surface area contributed by atoms with E-state index in [9.17, 15) is 9.18 Å². The number of hydrogen-bond acceptors (Lipinski definition) is 2. The lowest BCUT2D eigenvalue weighted by atomic mass is 9.93. The van der Waals surface area contributed by atoms with Crippen LogP contribution >= 0.6 is 0 Å². The maximum Gasteiger partial charge on any atom is 0.266 e. The van der Waals surface area contributed by atoms with Crippen molar-refractivity contribution in [2.75, 3.05) is 0 Å². The normalized spacial score (nSPS) is 16.4. The number of fused-ring (bicyclic) bond motifs is 1. The van der Waals surface area contributed by atoms with Crippen molar-refractivity contribution in [3.05, 3.63) is 83.7 Å². The zero-order chi connectivity index (χ0) is 14.8. The van der Waals surface area contributed by atoms with Crippen LogP contribution < -0.4 is 0 Å². The molecule has 3 rings (SSSR count). The van der Waals surface area contributed by atoms with E-state index in [1.54, 1.807) is 18.3 Å². The molecule has 1 amide bonds. The fourth-order valence-corrected chi connectivity index (χ4v) is 2.44. The van der Waals surface area contributed by atoms with Crippen molar-refractivity contribution in [1.82, 2.24) is 5.01 Å². The summed E-state index contributed by atoms with van der Waals surface area (Å²) in [4.78, 5) is 12.0. The highest BCUT2D eigenvalue weighted by molar-refractivity contribution is 5.91. The fourth-order valence-electron chi connectivity index (χ4n) is 2.44. The number of benzene rings is 2. The van der Waals surface area contributed by atoms with Crippen molar-refractivity contribution in [2.24, 2.45) is 5.10 Å². The van der Waals surface area contributed by atoms with Gasteiger partial charge in [-0.1, -0.05) is 43.0 Å². The van der Waals surface area contributed by atoms with Gasteiger partial charge < -0.3 is 0 Å². The molecule has 0 saturated carbocycles. The zero-order valence-electron chi connectivity index (χ0n) is 11.2. The van der Waals surface area contributed by atoms with Gasteiger partial charge >= 0.3 is 0 Å². The Hall–Kier alpha value is -2.75. The first-order valence-electron chi connectivity index (χ1n) is 6.54. The highest BCUT2D eigenvalue weighted by Crippen LogP contribution is 2.33. The van der Waals surface area contributed by atoms with Gasteiger partial charge in [-0.25, -0.2) is 9.40 Å². The Kier molecular flexibility index (Phi) is 3.36. The van der Waals surface area contributed by atoms with Crippen LogP contribution in [0.4, 0.5) is 4.39 Å². The minimum atomic E-state index is -0.378. The Morgan fingerprint density at radius 1 is 1.19 bits per heavy atom. The Morgan fingerprint density at radius 3 is 2.62 bits per heavy atom. The maximum absolute atomic E-state index is 13.1. The minimum absolute atomic E-state index is 0.296. The quantitative estimate of drug-likeness (QED) is 0.777. The van der Waals surface area contributed by atoms with Crippen LogP contribution in [-0.4, -0.2) is 17.1 Å². The molecule has 0 aliphatic carbocycles. The lowest BCUT2D eigenvalue weighted by Crippen LogP contribution is -2.33. The number of hydrazone groups is 1. The standard InChI is InChI=1S/C17H13FN2O/c1-2-16(21)20-17(12-7-9-14(18)10-8-12)15-6-4-3-5-13(15)11-19-20/h2-11,17H,1H2. The van der Waals surface area contributed by atoms with E-state index in [2.05, 4.69) is 11.7 Å². The van der Waals surface area contributed by atoms with Crippen LogP contribution in [0.3, 0.4) is 0 Å². The van der Waals surface area contributed by atoms with Crippen LogP contribution in [-0.2, 0) is 4.79 Å². The van der Waals surface area contributed by atoms with Crippen molar-refractivity contribution >= 4 is 12.1 Å². The molecule has 0 radical (unpaired) electrons. The molecular formula is C17H13FN2O. The van der Waals surface area contributed by atoms with E-state index in [1.807, 2.05) is 24.3 Å². The minimum Gasteiger partial charge on any atom is -0.268 e. The summed E-state index contributed by atoms with van der Waals surface area (Å²) in [6.07, 6.45) is 2.87. The first kappa shape index (κ1) is 13.2. The van der Waals surface area contributed by atoms with Crippen LogP contribution in [0, 0.1) is 5.82 Å². The second-order valence-electron chi connectivity index (χ2n) is 4.71. The fraction of sp³-hybridized carbons (Fsp3) is 0.0588. The van der Waals surface area contributed by atoms with E-state index in [0.717, 1.165) is 16.7 Å². The summed E-state index contributed by atoms with van der Waals surface area (Å²) in [6, 6.07) is 13.4. The van der Waals surface area contributed by atoms with E-state index < -0.39 is 0 Å². The summed E-state index contributed by atoms with van der Waals surface area (Å²) in [7, 11) is 0. The molecular weight excluding hydrogens is 267 g/mol. The third-order valence-electron chi connectivity index (χ3n) is 3.44. The molecule has 1 atom stereocenters. The van der Waals surface area contributed by atoms with E-state index in [4.69, 9.17) is 0 Å². The third kappa shape index (κ3) is 2.36. The van der Waals surface area contributed by atoms with Crippen LogP contribution in [0.5, 0.6) is 0 Å². The van der Waals surface area contributed by atoms with Crippen LogP contribution in [0.25, 0.3) is 0 Å². The van der Waals surface area contributed by atoms with Gasteiger partial charge in [0.1, 0.15) is 11.9 Å². The highest BCUT2D eigenvalue weighted by Gasteiger charge is 2.29. The Bertz CT molecular complexity index is 722. The summed E-state index contributed by atoms with van der Waals surface area (Å²) in [5.74, 6) is -0.608.